The van der Waals surface area contributed by atoms with Crippen molar-refractivity contribution in [3.05, 3.63) is 29.3 Å². The number of nitrogens with one attached hydrogen (secondary N) is 2. The molecule has 1 atom stereocenters. The minimum Gasteiger partial charge on any atom is -0.325 e. The third kappa shape index (κ3) is 3.89. The average molecular weight is 494 g/mol. The standard InChI is InChI=1S/C27H35N5O4/c1-25(2,3)21-22(34)32(27(30-21)11-7-5-6-8-12-27)16-20(33)28-19-10-9-17-14-26(15-18(17)13-19)23(35)29-24(36)31(26)4/h9-10,13H,5-8,11-12,14-16H2,1-4H3,(H,28,33)(H,29,35,36). The Bertz CT molecular complexity index is 1180. The number of amides is 5. The lowest BCUT2D eigenvalue weighted by Gasteiger charge is -2.35. The maximum atomic E-state index is 13.5. The highest BCUT2D eigenvalue weighted by atomic mass is 16.2. The molecule has 2 spiro atoms. The predicted octanol–water partition coefficient (Wildman–Crippen LogP) is 3.02. The Morgan fingerprint density at radius 2 is 1.72 bits per heavy atom. The van der Waals surface area contributed by atoms with E-state index in [2.05, 4.69) is 10.6 Å². The SMILES string of the molecule is CN1C(=O)NC(=O)C12Cc1ccc(NC(=O)CN3C(=O)C(C(C)(C)C)=NC34CCCCCC4)cc1C2. The van der Waals surface area contributed by atoms with Crippen LogP contribution in [0.5, 0.6) is 0 Å². The summed E-state index contributed by atoms with van der Waals surface area (Å²) in [4.78, 5) is 59.4. The van der Waals surface area contributed by atoms with E-state index >= 15 is 0 Å². The van der Waals surface area contributed by atoms with E-state index in [4.69, 9.17) is 4.99 Å². The van der Waals surface area contributed by atoms with Crippen molar-refractivity contribution >= 4 is 35.2 Å². The van der Waals surface area contributed by atoms with Crippen LogP contribution in [-0.2, 0) is 27.2 Å². The third-order valence-corrected chi connectivity index (χ3v) is 8.23. The number of hydrogen-bond acceptors (Lipinski definition) is 5. The lowest BCUT2D eigenvalue weighted by Crippen LogP contribution is -2.50. The van der Waals surface area contributed by atoms with Crippen LogP contribution in [0.15, 0.2) is 23.2 Å². The summed E-state index contributed by atoms with van der Waals surface area (Å²) < 4.78 is 0. The number of aliphatic imine (C=N–C) groups is 1. The molecule has 5 amide bonds. The first-order chi connectivity index (χ1) is 16.9. The van der Waals surface area contributed by atoms with Gasteiger partial charge in [-0.1, -0.05) is 39.7 Å². The van der Waals surface area contributed by atoms with Crippen LogP contribution in [-0.4, -0.2) is 64.1 Å². The Morgan fingerprint density at radius 3 is 2.33 bits per heavy atom. The number of carbonyl (C=O) groups excluding carboxylic acids is 4. The monoisotopic (exact) mass is 493 g/mol. The molecule has 192 valence electrons. The third-order valence-electron chi connectivity index (χ3n) is 8.23. The maximum absolute atomic E-state index is 13.5. The van der Waals surface area contributed by atoms with Gasteiger partial charge in [-0.15, -0.1) is 0 Å². The van der Waals surface area contributed by atoms with Crippen molar-refractivity contribution in [3.8, 4) is 0 Å². The molecule has 36 heavy (non-hydrogen) atoms. The molecule has 2 heterocycles. The highest BCUT2D eigenvalue weighted by molar-refractivity contribution is 6.42. The van der Waals surface area contributed by atoms with Crippen LogP contribution in [0.3, 0.4) is 0 Å². The summed E-state index contributed by atoms with van der Waals surface area (Å²) >= 11 is 0. The molecule has 2 fully saturated rings. The van der Waals surface area contributed by atoms with Crippen molar-refractivity contribution in [3.63, 3.8) is 0 Å². The number of anilines is 1. The number of carbonyl (C=O) groups is 4. The van der Waals surface area contributed by atoms with Gasteiger partial charge in [0.25, 0.3) is 11.8 Å². The fraction of sp³-hybridized carbons (Fsp3) is 0.593. The van der Waals surface area contributed by atoms with Gasteiger partial charge < -0.3 is 15.1 Å². The number of hydrogen-bond donors (Lipinski definition) is 2. The minimum absolute atomic E-state index is 0.0530. The van der Waals surface area contributed by atoms with Crippen LogP contribution in [0.4, 0.5) is 10.5 Å². The first kappa shape index (κ1) is 24.5. The highest BCUT2D eigenvalue weighted by Gasteiger charge is 2.54. The molecule has 2 aliphatic heterocycles. The van der Waals surface area contributed by atoms with Gasteiger partial charge in [-0.05, 0) is 48.9 Å². The van der Waals surface area contributed by atoms with Gasteiger partial charge >= 0.3 is 6.03 Å². The number of benzene rings is 1. The molecule has 1 aromatic rings. The van der Waals surface area contributed by atoms with Crippen molar-refractivity contribution < 1.29 is 19.2 Å². The molecule has 1 saturated carbocycles. The van der Waals surface area contributed by atoms with Crippen LogP contribution >= 0.6 is 0 Å². The first-order valence-electron chi connectivity index (χ1n) is 12.9. The zero-order valence-electron chi connectivity index (χ0n) is 21.6. The number of imide groups is 1. The van der Waals surface area contributed by atoms with E-state index in [0.717, 1.165) is 49.7 Å². The fourth-order valence-electron chi connectivity index (χ4n) is 6.14. The fourth-order valence-corrected chi connectivity index (χ4v) is 6.14. The Balaban J connectivity index is 1.33. The molecule has 0 bridgehead atoms. The van der Waals surface area contributed by atoms with Crippen molar-refractivity contribution in [1.82, 2.24) is 15.1 Å². The molecular weight excluding hydrogens is 458 g/mol. The van der Waals surface area contributed by atoms with Crippen molar-refractivity contribution in [2.24, 2.45) is 10.4 Å². The molecule has 1 unspecified atom stereocenters. The molecule has 1 saturated heterocycles. The van der Waals surface area contributed by atoms with E-state index in [9.17, 15) is 19.2 Å². The van der Waals surface area contributed by atoms with Gasteiger partial charge in [0.15, 0.2) is 0 Å². The summed E-state index contributed by atoms with van der Waals surface area (Å²) in [6, 6.07) is 5.20. The van der Waals surface area contributed by atoms with Crippen LogP contribution in [0.25, 0.3) is 0 Å². The summed E-state index contributed by atoms with van der Waals surface area (Å²) in [6.07, 6.45) is 6.62. The second-order valence-electron chi connectivity index (χ2n) is 11.7. The van der Waals surface area contributed by atoms with E-state index in [1.165, 1.54) is 4.90 Å². The van der Waals surface area contributed by atoms with Crippen molar-refractivity contribution in [2.45, 2.75) is 83.3 Å². The number of nitrogens with zero attached hydrogens (tertiary/aromatic N) is 3. The van der Waals surface area contributed by atoms with E-state index in [1.54, 1.807) is 11.9 Å². The summed E-state index contributed by atoms with van der Waals surface area (Å²) in [5, 5.41) is 5.36. The summed E-state index contributed by atoms with van der Waals surface area (Å²) in [5.41, 5.74) is 1.15. The lowest BCUT2D eigenvalue weighted by atomic mass is 9.89. The molecule has 2 N–H and O–H groups in total. The smallest absolute Gasteiger partial charge is 0.324 e. The van der Waals surface area contributed by atoms with Gasteiger partial charge in [0.05, 0.1) is 0 Å². The molecule has 0 aromatic heterocycles. The Kier molecular flexibility index (Phi) is 5.72. The average Bonchev–Trinajstić information content (AvgIpc) is 3.29. The lowest BCUT2D eigenvalue weighted by molar-refractivity contribution is -0.133. The van der Waals surface area contributed by atoms with Gasteiger partial charge in [0.2, 0.25) is 5.91 Å². The zero-order chi connectivity index (χ0) is 25.9. The quantitative estimate of drug-likeness (QED) is 0.631. The van der Waals surface area contributed by atoms with Gasteiger partial charge in [0.1, 0.15) is 23.5 Å². The Morgan fingerprint density at radius 1 is 1.06 bits per heavy atom. The minimum atomic E-state index is -0.906. The number of fused-ring (bicyclic) bond motifs is 1. The predicted molar refractivity (Wildman–Crippen MR) is 136 cm³/mol. The molecule has 2 aliphatic carbocycles. The molecular formula is C27H35N5O4. The number of urea groups is 1. The van der Waals surface area contributed by atoms with Gasteiger partial charge in [-0.25, -0.2) is 4.79 Å². The summed E-state index contributed by atoms with van der Waals surface area (Å²) in [7, 11) is 1.64. The van der Waals surface area contributed by atoms with Gasteiger partial charge in [0, 0.05) is 31.0 Å². The second-order valence-corrected chi connectivity index (χ2v) is 11.7. The van der Waals surface area contributed by atoms with Crippen LogP contribution in [0.2, 0.25) is 0 Å². The summed E-state index contributed by atoms with van der Waals surface area (Å²) in [5.74, 6) is -0.695. The van der Waals surface area contributed by atoms with Crippen LogP contribution in [0, 0.1) is 5.41 Å². The van der Waals surface area contributed by atoms with Crippen molar-refractivity contribution in [1.29, 1.82) is 0 Å². The summed E-state index contributed by atoms with van der Waals surface area (Å²) in [6.45, 7) is 5.92. The largest absolute Gasteiger partial charge is 0.325 e. The number of rotatable bonds is 3. The van der Waals surface area contributed by atoms with Gasteiger partial charge in [-0.2, -0.15) is 0 Å². The van der Waals surface area contributed by atoms with Gasteiger partial charge in [-0.3, -0.25) is 24.7 Å². The molecule has 9 nitrogen and oxygen atoms in total. The Labute approximate surface area is 211 Å². The normalized spacial score (nSPS) is 25.3. The van der Waals surface area contributed by atoms with E-state index in [1.807, 2.05) is 39.0 Å². The van der Waals surface area contributed by atoms with E-state index in [0.29, 0.717) is 24.2 Å². The topological polar surface area (TPSA) is 111 Å². The molecule has 4 aliphatic rings. The first-order valence-corrected chi connectivity index (χ1v) is 12.9. The number of likely N-dealkylation sites (N-methyl/N-ethyl adjacent to an activating group) is 1. The Hall–Kier alpha value is -3.23. The molecule has 9 heteroatoms. The van der Waals surface area contributed by atoms with Crippen LogP contribution < -0.4 is 10.6 Å². The maximum Gasteiger partial charge on any atom is 0.324 e. The molecule has 1 aromatic carbocycles. The second kappa shape index (κ2) is 8.42. The zero-order valence-corrected chi connectivity index (χ0v) is 21.6. The molecule has 5 rings (SSSR count). The molecule has 0 radical (unpaired) electrons. The highest BCUT2D eigenvalue weighted by Crippen LogP contribution is 2.41. The van der Waals surface area contributed by atoms with E-state index < -0.39 is 16.6 Å². The van der Waals surface area contributed by atoms with Crippen LogP contribution in [0.1, 0.15) is 70.4 Å². The van der Waals surface area contributed by atoms with Crippen molar-refractivity contribution in [2.75, 3.05) is 18.9 Å². The van der Waals surface area contributed by atoms with E-state index in [-0.39, 0.29) is 30.3 Å².